The molecule has 0 bridgehead atoms. The highest BCUT2D eigenvalue weighted by Gasteiger charge is 2.15. The van der Waals surface area contributed by atoms with E-state index >= 15 is 0 Å². The molecule has 5 nitrogen and oxygen atoms in total. The van der Waals surface area contributed by atoms with Gasteiger partial charge in [0, 0.05) is 25.3 Å². The van der Waals surface area contributed by atoms with Crippen LogP contribution in [0.1, 0.15) is 19.3 Å². The quantitative estimate of drug-likeness (QED) is 0.674. The number of amides is 1. The smallest absolute Gasteiger partial charge is 0.221 e. The van der Waals surface area contributed by atoms with Crippen LogP contribution in [0, 0.1) is 0 Å². The Labute approximate surface area is 90.5 Å². The zero-order chi connectivity index (χ0) is 11.3. The minimum absolute atomic E-state index is 0.0648. The molecule has 0 spiro atoms. The lowest BCUT2D eigenvalue weighted by atomic mass is 10.1. The van der Waals surface area contributed by atoms with Gasteiger partial charge >= 0.3 is 0 Å². The molecular weight excluding hydrogens is 216 g/mol. The molecule has 0 radical (unpaired) electrons. The summed E-state index contributed by atoms with van der Waals surface area (Å²) >= 11 is 0. The molecule has 1 rings (SSSR count). The second-order valence-corrected chi connectivity index (χ2v) is 6.25. The molecule has 0 unspecified atom stereocenters. The zero-order valence-electron chi connectivity index (χ0n) is 8.95. The van der Waals surface area contributed by atoms with Crippen LogP contribution >= 0.6 is 0 Å². The number of sulfone groups is 1. The number of hydrogen-bond donors (Lipinski definition) is 2. The summed E-state index contributed by atoms with van der Waals surface area (Å²) in [5.74, 6) is -0.243. The highest BCUT2D eigenvalue weighted by atomic mass is 32.2. The highest BCUT2D eigenvalue weighted by molar-refractivity contribution is 7.90. The third-order valence-electron chi connectivity index (χ3n) is 2.36. The Hall–Kier alpha value is -0.620. The summed E-state index contributed by atoms with van der Waals surface area (Å²) in [6.07, 6.45) is 3.23. The molecule has 0 aromatic carbocycles. The maximum absolute atomic E-state index is 11.4. The molecule has 6 heteroatoms. The fourth-order valence-corrected chi connectivity index (χ4v) is 2.11. The minimum atomic E-state index is -3.04. The van der Waals surface area contributed by atoms with Crippen LogP contribution in [0.25, 0.3) is 0 Å². The van der Waals surface area contributed by atoms with E-state index in [2.05, 4.69) is 10.6 Å². The lowest BCUT2D eigenvalue weighted by Crippen LogP contribution is -2.45. The molecule has 1 aliphatic rings. The molecule has 1 aliphatic heterocycles. The topological polar surface area (TPSA) is 75.3 Å². The van der Waals surface area contributed by atoms with Gasteiger partial charge in [-0.15, -0.1) is 0 Å². The lowest BCUT2D eigenvalue weighted by Gasteiger charge is -2.23. The fourth-order valence-electron chi connectivity index (χ4n) is 1.55. The molecular formula is C9H18N2O3S. The van der Waals surface area contributed by atoms with Crippen molar-refractivity contribution in [3.8, 4) is 0 Å². The van der Waals surface area contributed by atoms with Gasteiger partial charge in [0.2, 0.25) is 5.91 Å². The van der Waals surface area contributed by atoms with Crippen LogP contribution < -0.4 is 10.6 Å². The van der Waals surface area contributed by atoms with Gasteiger partial charge in [0.1, 0.15) is 9.84 Å². The van der Waals surface area contributed by atoms with Crippen molar-refractivity contribution >= 4 is 15.7 Å². The normalized spacial score (nSPS) is 22.3. The summed E-state index contributed by atoms with van der Waals surface area (Å²) < 4.78 is 21.7. The molecule has 0 aromatic rings. The van der Waals surface area contributed by atoms with Crippen molar-refractivity contribution in [3.63, 3.8) is 0 Å². The SMILES string of the molecule is CS(=O)(=O)CCC(=O)N[C@H]1CCCNC1. The van der Waals surface area contributed by atoms with E-state index in [4.69, 9.17) is 0 Å². The zero-order valence-corrected chi connectivity index (χ0v) is 9.77. The van der Waals surface area contributed by atoms with E-state index in [1.165, 1.54) is 0 Å². The second kappa shape index (κ2) is 5.46. The third-order valence-corrected chi connectivity index (χ3v) is 3.31. The molecule has 1 atom stereocenters. The van der Waals surface area contributed by atoms with Gasteiger partial charge < -0.3 is 10.6 Å². The minimum Gasteiger partial charge on any atom is -0.352 e. The number of rotatable bonds is 4. The van der Waals surface area contributed by atoms with Crippen LogP contribution in [0.4, 0.5) is 0 Å². The van der Waals surface area contributed by atoms with Crippen LogP contribution in [0.5, 0.6) is 0 Å². The van der Waals surface area contributed by atoms with Gasteiger partial charge in [-0.2, -0.15) is 0 Å². The summed E-state index contributed by atoms with van der Waals surface area (Å²) in [5, 5.41) is 6.01. The van der Waals surface area contributed by atoms with E-state index < -0.39 is 9.84 Å². The molecule has 1 amide bonds. The third kappa shape index (κ3) is 5.74. The number of hydrogen-bond acceptors (Lipinski definition) is 4. The summed E-state index contributed by atoms with van der Waals surface area (Å²) in [5.41, 5.74) is 0. The number of piperidine rings is 1. The van der Waals surface area contributed by atoms with Crippen LogP contribution in [-0.4, -0.2) is 45.5 Å². The van der Waals surface area contributed by atoms with Gasteiger partial charge in [-0.3, -0.25) is 4.79 Å². The van der Waals surface area contributed by atoms with Crippen molar-refractivity contribution in [3.05, 3.63) is 0 Å². The van der Waals surface area contributed by atoms with Gasteiger partial charge in [0.25, 0.3) is 0 Å². The fraction of sp³-hybridized carbons (Fsp3) is 0.889. The number of carbonyl (C=O) groups is 1. The number of nitrogens with one attached hydrogen (secondary N) is 2. The van der Waals surface area contributed by atoms with Gasteiger partial charge in [0.05, 0.1) is 5.75 Å². The first kappa shape index (κ1) is 12.4. The largest absolute Gasteiger partial charge is 0.352 e. The maximum atomic E-state index is 11.4. The Balaban J connectivity index is 2.23. The van der Waals surface area contributed by atoms with Gasteiger partial charge in [-0.25, -0.2) is 8.42 Å². The van der Waals surface area contributed by atoms with E-state index in [-0.39, 0.29) is 24.1 Å². The first-order chi connectivity index (χ1) is 6.97. The Morgan fingerprint density at radius 3 is 2.80 bits per heavy atom. The van der Waals surface area contributed by atoms with E-state index in [1.54, 1.807) is 0 Å². The number of carbonyl (C=O) groups excluding carboxylic acids is 1. The average Bonchev–Trinajstić information content (AvgIpc) is 2.15. The van der Waals surface area contributed by atoms with Crippen molar-refractivity contribution in [2.24, 2.45) is 0 Å². The average molecular weight is 234 g/mol. The first-order valence-corrected chi connectivity index (χ1v) is 7.21. The predicted molar refractivity (Wildman–Crippen MR) is 58.4 cm³/mol. The van der Waals surface area contributed by atoms with Crippen molar-refractivity contribution in [2.75, 3.05) is 25.1 Å². The molecule has 1 saturated heterocycles. The van der Waals surface area contributed by atoms with Crippen molar-refractivity contribution in [1.82, 2.24) is 10.6 Å². The highest BCUT2D eigenvalue weighted by Crippen LogP contribution is 2.01. The standard InChI is InChI=1S/C9H18N2O3S/c1-15(13,14)6-4-9(12)11-8-3-2-5-10-7-8/h8,10H,2-7H2,1H3,(H,11,12)/t8-/m0/s1. The maximum Gasteiger partial charge on any atom is 0.221 e. The van der Waals surface area contributed by atoms with Crippen molar-refractivity contribution in [1.29, 1.82) is 0 Å². The monoisotopic (exact) mass is 234 g/mol. The Morgan fingerprint density at radius 2 is 2.27 bits per heavy atom. The lowest BCUT2D eigenvalue weighted by molar-refractivity contribution is -0.121. The molecule has 1 heterocycles. The van der Waals surface area contributed by atoms with E-state index in [0.29, 0.717) is 0 Å². The molecule has 0 saturated carbocycles. The van der Waals surface area contributed by atoms with Crippen molar-refractivity contribution < 1.29 is 13.2 Å². The van der Waals surface area contributed by atoms with Crippen LogP contribution in [-0.2, 0) is 14.6 Å². The van der Waals surface area contributed by atoms with Gasteiger partial charge in [0.15, 0.2) is 0 Å². The summed E-state index contributed by atoms with van der Waals surface area (Å²) in [4.78, 5) is 11.4. The molecule has 15 heavy (non-hydrogen) atoms. The van der Waals surface area contributed by atoms with E-state index in [9.17, 15) is 13.2 Å². The van der Waals surface area contributed by atoms with Gasteiger partial charge in [-0.05, 0) is 19.4 Å². The van der Waals surface area contributed by atoms with E-state index in [1.807, 2.05) is 0 Å². The predicted octanol–water partition coefficient (Wildman–Crippen LogP) is -0.711. The summed E-state index contributed by atoms with van der Waals surface area (Å²) in [6.45, 7) is 1.78. The van der Waals surface area contributed by atoms with E-state index in [0.717, 1.165) is 32.2 Å². The molecule has 2 N–H and O–H groups in total. The van der Waals surface area contributed by atoms with Gasteiger partial charge in [-0.1, -0.05) is 0 Å². The molecule has 88 valence electrons. The van der Waals surface area contributed by atoms with Crippen molar-refractivity contribution in [2.45, 2.75) is 25.3 Å². The summed E-state index contributed by atoms with van der Waals surface area (Å²) in [7, 11) is -3.04. The Kier molecular flexibility index (Phi) is 4.53. The Morgan fingerprint density at radius 1 is 1.53 bits per heavy atom. The molecule has 1 fully saturated rings. The van der Waals surface area contributed by atoms with Crippen LogP contribution in [0.2, 0.25) is 0 Å². The second-order valence-electron chi connectivity index (χ2n) is 3.99. The first-order valence-electron chi connectivity index (χ1n) is 5.15. The molecule has 0 aliphatic carbocycles. The van der Waals surface area contributed by atoms with Crippen LogP contribution in [0.3, 0.4) is 0 Å². The summed E-state index contributed by atoms with van der Waals surface area (Å²) in [6, 6.07) is 0.158. The molecule has 0 aromatic heterocycles. The van der Waals surface area contributed by atoms with Crippen LogP contribution in [0.15, 0.2) is 0 Å². The Bertz CT molecular complexity index is 307.